The normalized spacial score (nSPS) is 19.4. The van der Waals surface area contributed by atoms with Crippen LogP contribution in [0.25, 0.3) is 0 Å². The summed E-state index contributed by atoms with van der Waals surface area (Å²) < 4.78 is 0. The molecule has 112 valence electrons. The Kier molecular flexibility index (Phi) is 5.59. The Morgan fingerprint density at radius 1 is 1.45 bits per heavy atom. The molecule has 1 aliphatic heterocycles. The second-order valence-electron chi connectivity index (χ2n) is 6.02. The van der Waals surface area contributed by atoms with Crippen LogP contribution in [-0.4, -0.2) is 55.1 Å². The molecule has 1 unspecified atom stereocenters. The zero-order chi connectivity index (χ0) is 14.4. The lowest BCUT2D eigenvalue weighted by molar-refractivity contribution is 0.405. The zero-order valence-corrected chi connectivity index (χ0v) is 13.0. The van der Waals surface area contributed by atoms with Gasteiger partial charge in [0.1, 0.15) is 5.82 Å². The Hall–Kier alpha value is -1.36. The minimum Gasteiger partial charge on any atom is -0.356 e. The van der Waals surface area contributed by atoms with E-state index in [9.17, 15) is 0 Å². The van der Waals surface area contributed by atoms with Gasteiger partial charge < -0.3 is 15.1 Å². The van der Waals surface area contributed by atoms with Crippen molar-refractivity contribution in [3.63, 3.8) is 0 Å². The van der Waals surface area contributed by atoms with E-state index in [-0.39, 0.29) is 0 Å². The van der Waals surface area contributed by atoms with Crippen LogP contribution in [0, 0.1) is 5.92 Å². The molecule has 5 heteroatoms. The van der Waals surface area contributed by atoms with E-state index in [4.69, 9.17) is 0 Å². The lowest BCUT2D eigenvalue weighted by Crippen LogP contribution is -2.34. The van der Waals surface area contributed by atoms with E-state index in [2.05, 4.69) is 46.1 Å². The highest BCUT2D eigenvalue weighted by atomic mass is 15.2. The lowest BCUT2D eigenvalue weighted by atomic mass is 10.0. The summed E-state index contributed by atoms with van der Waals surface area (Å²) in [6.07, 6.45) is 5.55. The van der Waals surface area contributed by atoms with Crippen LogP contribution >= 0.6 is 0 Å². The summed E-state index contributed by atoms with van der Waals surface area (Å²) in [6, 6.07) is 2.02. The third-order valence-corrected chi connectivity index (χ3v) is 3.69. The number of anilines is 2. The molecule has 1 N–H and O–H groups in total. The summed E-state index contributed by atoms with van der Waals surface area (Å²) >= 11 is 0. The summed E-state index contributed by atoms with van der Waals surface area (Å²) in [5.74, 6) is 2.57. The fourth-order valence-electron chi connectivity index (χ4n) is 2.60. The topological polar surface area (TPSA) is 44.3 Å². The second kappa shape index (κ2) is 7.43. The number of hydrogen-bond acceptors (Lipinski definition) is 5. The monoisotopic (exact) mass is 277 g/mol. The predicted octanol–water partition coefficient (Wildman–Crippen LogP) is 2.08. The predicted molar refractivity (Wildman–Crippen MR) is 84.3 cm³/mol. The molecule has 0 aliphatic carbocycles. The van der Waals surface area contributed by atoms with Gasteiger partial charge in [-0.25, -0.2) is 4.98 Å². The fourth-order valence-corrected chi connectivity index (χ4v) is 2.60. The van der Waals surface area contributed by atoms with E-state index in [0.29, 0.717) is 0 Å². The highest BCUT2D eigenvalue weighted by molar-refractivity contribution is 5.42. The van der Waals surface area contributed by atoms with Gasteiger partial charge in [-0.05, 0) is 51.9 Å². The van der Waals surface area contributed by atoms with Crippen molar-refractivity contribution in [1.29, 1.82) is 0 Å². The first-order valence-corrected chi connectivity index (χ1v) is 7.62. The Bertz CT molecular complexity index is 407. The van der Waals surface area contributed by atoms with Crippen molar-refractivity contribution in [1.82, 2.24) is 14.9 Å². The molecule has 5 nitrogen and oxygen atoms in total. The average Bonchev–Trinajstić information content (AvgIpc) is 2.44. The molecular formula is C15H27N5. The van der Waals surface area contributed by atoms with Crippen molar-refractivity contribution in [2.45, 2.75) is 26.2 Å². The molecule has 2 rings (SSSR count). The summed E-state index contributed by atoms with van der Waals surface area (Å²) in [5, 5.41) is 3.32. The maximum atomic E-state index is 4.64. The molecule has 0 bridgehead atoms. The van der Waals surface area contributed by atoms with Crippen molar-refractivity contribution >= 4 is 11.8 Å². The average molecular weight is 277 g/mol. The van der Waals surface area contributed by atoms with Crippen LogP contribution in [0.5, 0.6) is 0 Å². The first-order valence-electron chi connectivity index (χ1n) is 7.62. The van der Waals surface area contributed by atoms with E-state index < -0.39 is 0 Å². The van der Waals surface area contributed by atoms with Crippen LogP contribution in [0.4, 0.5) is 11.8 Å². The third kappa shape index (κ3) is 4.63. The Morgan fingerprint density at radius 3 is 3.05 bits per heavy atom. The number of piperidine rings is 1. The van der Waals surface area contributed by atoms with E-state index in [1.54, 1.807) is 0 Å². The van der Waals surface area contributed by atoms with Gasteiger partial charge in [0.15, 0.2) is 0 Å². The van der Waals surface area contributed by atoms with Gasteiger partial charge in [-0.1, -0.05) is 6.92 Å². The van der Waals surface area contributed by atoms with Gasteiger partial charge in [-0.2, -0.15) is 4.98 Å². The van der Waals surface area contributed by atoms with Crippen LogP contribution in [0.3, 0.4) is 0 Å². The largest absolute Gasteiger partial charge is 0.356 e. The molecule has 1 fully saturated rings. The van der Waals surface area contributed by atoms with Crippen LogP contribution < -0.4 is 10.2 Å². The van der Waals surface area contributed by atoms with Crippen molar-refractivity contribution < 1.29 is 0 Å². The number of nitrogens with one attached hydrogen (secondary N) is 1. The maximum absolute atomic E-state index is 4.64. The van der Waals surface area contributed by atoms with Crippen molar-refractivity contribution in [2.24, 2.45) is 5.92 Å². The smallest absolute Gasteiger partial charge is 0.224 e. The Balaban J connectivity index is 1.87. The second-order valence-corrected chi connectivity index (χ2v) is 6.02. The van der Waals surface area contributed by atoms with Crippen molar-refractivity contribution in [3.8, 4) is 0 Å². The molecular weight excluding hydrogens is 250 g/mol. The van der Waals surface area contributed by atoms with Crippen LogP contribution in [-0.2, 0) is 0 Å². The molecule has 1 saturated heterocycles. The van der Waals surface area contributed by atoms with E-state index in [1.165, 1.54) is 12.8 Å². The zero-order valence-electron chi connectivity index (χ0n) is 13.0. The van der Waals surface area contributed by atoms with E-state index >= 15 is 0 Å². The van der Waals surface area contributed by atoms with Crippen molar-refractivity contribution in [2.75, 3.05) is 50.5 Å². The van der Waals surface area contributed by atoms with Gasteiger partial charge in [0.25, 0.3) is 0 Å². The summed E-state index contributed by atoms with van der Waals surface area (Å²) in [6.45, 7) is 6.53. The lowest BCUT2D eigenvalue weighted by Gasteiger charge is -2.31. The number of rotatable bonds is 6. The minimum atomic E-state index is 0.750. The molecule has 0 spiro atoms. The van der Waals surface area contributed by atoms with E-state index in [0.717, 1.165) is 50.3 Å². The van der Waals surface area contributed by atoms with Gasteiger partial charge in [0.05, 0.1) is 0 Å². The molecule has 1 aromatic rings. The number of aromatic nitrogens is 2. The summed E-state index contributed by atoms with van der Waals surface area (Å²) in [7, 11) is 4.18. The molecule has 1 atom stereocenters. The van der Waals surface area contributed by atoms with Crippen LogP contribution in [0.1, 0.15) is 26.2 Å². The van der Waals surface area contributed by atoms with Gasteiger partial charge in [-0.3, -0.25) is 0 Å². The fraction of sp³-hybridized carbons (Fsp3) is 0.733. The van der Waals surface area contributed by atoms with Crippen LogP contribution in [0.2, 0.25) is 0 Å². The van der Waals surface area contributed by atoms with Gasteiger partial charge >= 0.3 is 0 Å². The van der Waals surface area contributed by atoms with Gasteiger partial charge in [0, 0.05) is 25.8 Å². The first kappa shape index (κ1) is 15.0. The molecule has 20 heavy (non-hydrogen) atoms. The molecule has 0 radical (unpaired) electrons. The van der Waals surface area contributed by atoms with Gasteiger partial charge in [0.2, 0.25) is 5.95 Å². The summed E-state index contributed by atoms with van der Waals surface area (Å²) in [4.78, 5) is 13.5. The highest BCUT2D eigenvalue weighted by Crippen LogP contribution is 2.21. The number of hydrogen-bond donors (Lipinski definition) is 1. The quantitative estimate of drug-likeness (QED) is 0.807. The molecule has 2 heterocycles. The standard InChI is InChI=1S/C15H27N5/c1-13-6-4-11-20(12-13)14-7-9-17-15(18-14)16-8-5-10-19(2)3/h7,9,13H,4-6,8,10-12H2,1-3H3,(H,16,17,18). The maximum Gasteiger partial charge on any atom is 0.224 e. The van der Waals surface area contributed by atoms with Crippen molar-refractivity contribution in [3.05, 3.63) is 12.3 Å². The van der Waals surface area contributed by atoms with E-state index in [1.807, 2.05) is 12.3 Å². The van der Waals surface area contributed by atoms with Crippen LogP contribution in [0.15, 0.2) is 12.3 Å². The Morgan fingerprint density at radius 2 is 2.30 bits per heavy atom. The molecule has 0 amide bonds. The SMILES string of the molecule is CC1CCCN(c2ccnc(NCCCN(C)C)n2)C1. The third-order valence-electron chi connectivity index (χ3n) is 3.69. The van der Waals surface area contributed by atoms with Gasteiger partial charge in [-0.15, -0.1) is 0 Å². The molecule has 0 aromatic carbocycles. The summed E-state index contributed by atoms with van der Waals surface area (Å²) in [5.41, 5.74) is 0. The Labute approximate surface area is 122 Å². The molecule has 1 aromatic heterocycles. The molecule has 1 aliphatic rings. The minimum absolute atomic E-state index is 0.750. The first-order chi connectivity index (χ1) is 9.65. The number of nitrogens with zero attached hydrogens (tertiary/aromatic N) is 4. The highest BCUT2D eigenvalue weighted by Gasteiger charge is 2.17. The molecule has 0 saturated carbocycles.